The Morgan fingerprint density at radius 1 is 1.40 bits per heavy atom. The minimum atomic E-state index is -1.17. The van der Waals surface area contributed by atoms with Crippen LogP contribution in [0.4, 0.5) is 14.6 Å². The maximum Gasteiger partial charge on any atom is 0.285 e. The van der Waals surface area contributed by atoms with E-state index < -0.39 is 23.0 Å². The standard InChI is InChI=1S/C5H4F2N2O/c6-2-1-3(7)5(10)9-4(2)8/h1H,(H3,8,9,10). The minimum Gasteiger partial charge on any atom is -0.383 e. The van der Waals surface area contributed by atoms with Gasteiger partial charge in [-0.3, -0.25) is 4.79 Å². The number of nitrogens with one attached hydrogen (secondary N) is 1. The Morgan fingerprint density at radius 2 is 2.00 bits per heavy atom. The highest BCUT2D eigenvalue weighted by Crippen LogP contribution is 2.02. The lowest BCUT2D eigenvalue weighted by Gasteiger charge is -1.93. The van der Waals surface area contributed by atoms with E-state index in [-0.39, 0.29) is 0 Å². The molecule has 54 valence electrons. The molecule has 0 atom stereocenters. The fourth-order valence-corrected chi connectivity index (χ4v) is 0.496. The Bertz CT molecular complexity index is 307. The first kappa shape index (κ1) is 6.73. The van der Waals surface area contributed by atoms with Gasteiger partial charge >= 0.3 is 0 Å². The molecule has 1 aromatic rings. The molecule has 0 unspecified atom stereocenters. The molecule has 0 bridgehead atoms. The van der Waals surface area contributed by atoms with Crippen molar-refractivity contribution in [3.8, 4) is 0 Å². The number of aromatic nitrogens is 1. The first-order valence-corrected chi connectivity index (χ1v) is 2.45. The van der Waals surface area contributed by atoms with Crippen LogP contribution in [-0.4, -0.2) is 4.98 Å². The second-order valence-corrected chi connectivity index (χ2v) is 1.71. The molecule has 5 heteroatoms. The van der Waals surface area contributed by atoms with Crippen LogP contribution in [0.25, 0.3) is 0 Å². The van der Waals surface area contributed by atoms with Crippen LogP contribution in [0, 0.1) is 11.6 Å². The average Bonchev–Trinajstić information content (AvgIpc) is 1.84. The third-order valence-electron chi connectivity index (χ3n) is 0.976. The first-order chi connectivity index (χ1) is 4.61. The summed E-state index contributed by atoms with van der Waals surface area (Å²) in [6.45, 7) is 0. The van der Waals surface area contributed by atoms with Gasteiger partial charge in [-0.25, -0.2) is 8.78 Å². The molecule has 0 amide bonds. The van der Waals surface area contributed by atoms with Crippen molar-refractivity contribution < 1.29 is 8.78 Å². The van der Waals surface area contributed by atoms with Gasteiger partial charge in [0.05, 0.1) is 0 Å². The van der Waals surface area contributed by atoms with Gasteiger partial charge in [-0.05, 0) is 0 Å². The van der Waals surface area contributed by atoms with Crippen molar-refractivity contribution in [3.05, 3.63) is 28.1 Å². The number of pyridine rings is 1. The second-order valence-electron chi connectivity index (χ2n) is 1.71. The highest BCUT2D eigenvalue weighted by atomic mass is 19.1. The van der Waals surface area contributed by atoms with Crippen LogP contribution in [0.15, 0.2) is 10.9 Å². The predicted octanol–water partition coefficient (Wildman–Crippen LogP) is 0.235. The molecule has 0 aliphatic rings. The number of rotatable bonds is 0. The molecule has 10 heavy (non-hydrogen) atoms. The van der Waals surface area contributed by atoms with Crippen LogP contribution >= 0.6 is 0 Å². The molecule has 0 aliphatic heterocycles. The molecule has 1 rings (SSSR count). The summed E-state index contributed by atoms with van der Waals surface area (Å²) in [5.41, 5.74) is 3.88. The van der Waals surface area contributed by atoms with E-state index in [2.05, 4.69) is 0 Å². The van der Waals surface area contributed by atoms with Gasteiger partial charge in [0, 0.05) is 6.07 Å². The van der Waals surface area contributed by atoms with Gasteiger partial charge in [-0.15, -0.1) is 0 Å². The summed E-state index contributed by atoms with van der Waals surface area (Å²) >= 11 is 0. The van der Waals surface area contributed by atoms with E-state index in [1.807, 2.05) is 0 Å². The molecule has 1 heterocycles. The molecule has 0 aliphatic carbocycles. The largest absolute Gasteiger partial charge is 0.383 e. The van der Waals surface area contributed by atoms with E-state index in [4.69, 9.17) is 5.73 Å². The molecule has 1 aromatic heterocycles. The van der Waals surface area contributed by atoms with Crippen molar-refractivity contribution in [1.82, 2.24) is 4.98 Å². The third kappa shape index (κ3) is 0.975. The molecule has 0 saturated heterocycles. The number of hydrogen-bond donors (Lipinski definition) is 2. The fourth-order valence-electron chi connectivity index (χ4n) is 0.496. The molecule has 0 aromatic carbocycles. The normalized spacial score (nSPS) is 9.80. The molecule has 0 fully saturated rings. The van der Waals surface area contributed by atoms with Gasteiger partial charge in [0.2, 0.25) is 0 Å². The number of H-pyrrole nitrogens is 1. The fraction of sp³-hybridized carbons (Fsp3) is 0. The van der Waals surface area contributed by atoms with Crippen LogP contribution < -0.4 is 11.3 Å². The molecular weight excluding hydrogens is 142 g/mol. The molecule has 0 saturated carbocycles. The van der Waals surface area contributed by atoms with E-state index in [1.54, 1.807) is 4.98 Å². The number of aromatic amines is 1. The van der Waals surface area contributed by atoms with Gasteiger partial charge in [-0.1, -0.05) is 0 Å². The average molecular weight is 146 g/mol. The van der Waals surface area contributed by atoms with E-state index >= 15 is 0 Å². The van der Waals surface area contributed by atoms with E-state index in [1.165, 1.54) is 0 Å². The predicted molar refractivity (Wildman–Crippen MR) is 31.4 cm³/mol. The summed E-state index contributed by atoms with van der Waals surface area (Å²) in [7, 11) is 0. The van der Waals surface area contributed by atoms with Gasteiger partial charge in [0.1, 0.15) is 5.82 Å². The Labute approximate surface area is 54.5 Å². The Kier molecular flexibility index (Phi) is 1.41. The van der Waals surface area contributed by atoms with Crippen molar-refractivity contribution >= 4 is 5.82 Å². The highest BCUT2D eigenvalue weighted by molar-refractivity contribution is 5.28. The Hall–Kier alpha value is -1.39. The molecule has 3 N–H and O–H groups in total. The zero-order valence-corrected chi connectivity index (χ0v) is 4.82. The lowest BCUT2D eigenvalue weighted by Crippen LogP contribution is -2.13. The van der Waals surface area contributed by atoms with E-state index in [0.717, 1.165) is 0 Å². The van der Waals surface area contributed by atoms with Crippen molar-refractivity contribution in [2.45, 2.75) is 0 Å². The topological polar surface area (TPSA) is 58.9 Å². The Morgan fingerprint density at radius 3 is 2.50 bits per heavy atom. The number of hydrogen-bond acceptors (Lipinski definition) is 2. The van der Waals surface area contributed by atoms with Crippen LogP contribution in [0.3, 0.4) is 0 Å². The molecular formula is C5H4F2N2O. The van der Waals surface area contributed by atoms with E-state index in [0.29, 0.717) is 6.07 Å². The van der Waals surface area contributed by atoms with Crippen LogP contribution in [-0.2, 0) is 0 Å². The zero-order valence-electron chi connectivity index (χ0n) is 4.82. The number of nitrogen functional groups attached to an aromatic ring is 1. The molecule has 0 spiro atoms. The first-order valence-electron chi connectivity index (χ1n) is 2.45. The van der Waals surface area contributed by atoms with Crippen molar-refractivity contribution in [2.75, 3.05) is 5.73 Å². The second kappa shape index (κ2) is 2.09. The van der Waals surface area contributed by atoms with Gasteiger partial charge < -0.3 is 10.7 Å². The van der Waals surface area contributed by atoms with Gasteiger partial charge in [-0.2, -0.15) is 0 Å². The number of nitrogens with two attached hydrogens (primary N) is 1. The minimum absolute atomic E-state index is 0.439. The molecule has 0 radical (unpaired) electrons. The zero-order chi connectivity index (χ0) is 7.72. The van der Waals surface area contributed by atoms with Crippen LogP contribution in [0.1, 0.15) is 0 Å². The maximum atomic E-state index is 12.2. The van der Waals surface area contributed by atoms with Crippen LogP contribution in [0.5, 0.6) is 0 Å². The van der Waals surface area contributed by atoms with Crippen molar-refractivity contribution in [3.63, 3.8) is 0 Å². The molecule has 3 nitrogen and oxygen atoms in total. The van der Waals surface area contributed by atoms with E-state index in [9.17, 15) is 13.6 Å². The maximum absolute atomic E-state index is 12.2. The third-order valence-corrected chi connectivity index (χ3v) is 0.976. The van der Waals surface area contributed by atoms with Crippen molar-refractivity contribution in [2.24, 2.45) is 0 Å². The lowest BCUT2D eigenvalue weighted by atomic mass is 10.4. The monoisotopic (exact) mass is 146 g/mol. The lowest BCUT2D eigenvalue weighted by molar-refractivity contribution is 0.568. The smallest absolute Gasteiger partial charge is 0.285 e. The number of halogens is 2. The summed E-state index contributed by atoms with van der Waals surface area (Å²) in [6.07, 6.45) is 0. The summed E-state index contributed by atoms with van der Waals surface area (Å²) in [4.78, 5) is 12.1. The van der Waals surface area contributed by atoms with Crippen LogP contribution in [0.2, 0.25) is 0 Å². The summed E-state index contributed by atoms with van der Waals surface area (Å²) in [6, 6.07) is 0.439. The SMILES string of the molecule is Nc1[nH]c(=O)c(F)cc1F. The highest BCUT2D eigenvalue weighted by Gasteiger charge is 2.03. The van der Waals surface area contributed by atoms with Crippen molar-refractivity contribution in [1.29, 1.82) is 0 Å². The Balaban J connectivity index is 3.43. The number of anilines is 1. The van der Waals surface area contributed by atoms with Gasteiger partial charge in [0.25, 0.3) is 5.56 Å². The quantitative estimate of drug-likeness (QED) is 0.550. The summed E-state index contributed by atoms with van der Waals surface area (Å²) < 4.78 is 24.3. The van der Waals surface area contributed by atoms with Gasteiger partial charge in [0.15, 0.2) is 11.6 Å². The summed E-state index contributed by atoms with van der Waals surface area (Å²) in [5, 5.41) is 0. The summed E-state index contributed by atoms with van der Waals surface area (Å²) in [5.74, 6) is -2.59.